The van der Waals surface area contributed by atoms with Gasteiger partial charge in [-0.2, -0.15) is 4.52 Å². The Hall–Kier alpha value is -4.35. The van der Waals surface area contributed by atoms with Crippen molar-refractivity contribution in [2.24, 2.45) is 0 Å². The van der Waals surface area contributed by atoms with E-state index in [-0.39, 0.29) is 18.1 Å². The molecule has 2 N–H and O–H groups in total. The third kappa shape index (κ3) is 5.74. The Balaban J connectivity index is 1.73. The molecule has 4 aromatic rings. The van der Waals surface area contributed by atoms with Crippen molar-refractivity contribution in [1.82, 2.24) is 24.9 Å². The van der Waals surface area contributed by atoms with Gasteiger partial charge >= 0.3 is 6.09 Å². The van der Waals surface area contributed by atoms with Gasteiger partial charge in [0.25, 0.3) is 0 Å². The van der Waals surface area contributed by atoms with E-state index < -0.39 is 17.5 Å². The van der Waals surface area contributed by atoms with E-state index in [0.29, 0.717) is 40.5 Å². The second-order valence-electron chi connectivity index (χ2n) is 9.09. The summed E-state index contributed by atoms with van der Waals surface area (Å²) in [5, 5.41) is 10.8. The summed E-state index contributed by atoms with van der Waals surface area (Å²) in [5.74, 6) is 1.66. The van der Waals surface area contributed by atoms with E-state index in [4.69, 9.17) is 18.9 Å². The summed E-state index contributed by atoms with van der Waals surface area (Å²) < 4.78 is 37.2. The highest BCUT2D eigenvalue weighted by Gasteiger charge is 2.20. The van der Waals surface area contributed by atoms with Gasteiger partial charge in [0.1, 0.15) is 34.2 Å². The number of fused-ring (bicyclic) bond motifs is 3. The fourth-order valence-corrected chi connectivity index (χ4v) is 3.67. The number of anilines is 1. The molecule has 196 valence electrons. The lowest BCUT2D eigenvalue weighted by Gasteiger charge is -2.19. The largest absolute Gasteiger partial charge is 0.497 e. The average Bonchev–Trinajstić information content (AvgIpc) is 3.29. The van der Waals surface area contributed by atoms with Crippen LogP contribution in [0.2, 0.25) is 0 Å². The second kappa shape index (κ2) is 10.3. The maximum atomic E-state index is 14.4. The van der Waals surface area contributed by atoms with E-state index in [1.807, 2.05) is 12.1 Å². The predicted octanol–water partition coefficient (Wildman–Crippen LogP) is 4.08. The van der Waals surface area contributed by atoms with E-state index in [0.717, 1.165) is 5.56 Å². The van der Waals surface area contributed by atoms with Gasteiger partial charge in [-0.05, 0) is 39.0 Å². The van der Waals surface area contributed by atoms with Crippen LogP contribution in [0.15, 0.2) is 30.3 Å². The van der Waals surface area contributed by atoms with Crippen LogP contribution in [0.4, 0.5) is 15.1 Å². The number of benzene rings is 2. The monoisotopic (exact) mass is 512 g/mol. The van der Waals surface area contributed by atoms with E-state index in [1.165, 1.54) is 23.8 Å². The molecule has 2 aromatic heterocycles. The van der Waals surface area contributed by atoms with Gasteiger partial charge in [-0.25, -0.2) is 19.2 Å². The summed E-state index contributed by atoms with van der Waals surface area (Å²) in [7, 11) is 4.60. The third-order valence-corrected chi connectivity index (χ3v) is 5.29. The molecule has 0 aliphatic rings. The normalized spacial score (nSPS) is 11.4. The van der Waals surface area contributed by atoms with Gasteiger partial charge in [0.05, 0.1) is 33.3 Å². The molecule has 0 saturated carbocycles. The minimum Gasteiger partial charge on any atom is -0.497 e. The summed E-state index contributed by atoms with van der Waals surface area (Å²) >= 11 is 0. The second-order valence-corrected chi connectivity index (χ2v) is 9.09. The molecule has 0 aliphatic carbocycles. The van der Waals surface area contributed by atoms with Crippen LogP contribution in [-0.4, -0.2) is 52.6 Å². The van der Waals surface area contributed by atoms with Crippen LogP contribution in [0.1, 0.15) is 32.2 Å². The third-order valence-electron chi connectivity index (χ3n) is 5.29. The first-order valence-electron chi connectivity index (χ1n) is 11.5. The number of ether oxygens (including phenoxy) is 4. The summed E-state index contributed by atoms with van der Waals surface area (Å²) in [6.07, 6.45) is -0.605. The summed E-state index contributed by atoms with van der Waals surface area (Å²) in [6, 6.07) is 8.04. The Morgan fingerprint density at radius 1 is 1.00 bits per heavy atom. The SMILES string of the molecule is COc1ccc(CNc2nc3c(OC)cc(F)cc3c3nc(CNC(=O)OC(C)(C)C)nn23)c(OC)c1. The van der Waals surface area contributed by atoms with E-state index in [9.17, 15) is 9.18 Å². The Kier molecular flexibility index (Phi) is 7.18. The standard InChI is InChI=1S/C25H29FN6O5/c1-25(2,3)37-24(33)28-13-20-29-22-17-9-15(26)10-19(36-6)21(17)30-23(32(22)31-20)27-12-14-7-8-16(34-4)11-18(14)35-5/h7-11H,12-13H2,1-6H3,(H,27,30)(H,28,33). The van der Waals surface area contributed by atoms with Crippen LogP contribution in [0, 0.1) is 5.82 Å². The minimum atomic E-state index is -0.649. The lowest BCUT2D eigenvalue weighted by atomic mass is 10.2. The van der Waals surface area contributed by atoms with Crippen molar-refractivity contribution < 1.29 is 28.1 Å². The molecule has 37 heavy (non-hydrogen) atoms. The number of carbonyl (C=O) groups is 1. The lowest BCUT2D eigenvalue weighted by Crippen LogP contribution is -2.32. The number of amides is 1. The highest BCUT2D eigenvalue weighted by molar-refractivity contribution is 5.96. The van der Waals surface area contributed by atoms with E-state index in [1.54, 1.807) is 41.1 Å². The first-order chi connectivity index (χ1) is 17.6. The van der Waals surface area contributed by atoms with Gasteiger partial charge in [-0.3, -0.25) is 0 Å². The molecule has 0 aliphatic heterocycles. The van der Waals surface area contributed by atoms with Gasteiger partial charge in [0, 0.05) is 24.2 Å². The minimum absolute atomic E-state index is 0.00369. The van der Waals surface area contributed by atoms with Crippen molar-refractivity contribution >= 4 is 28.6 Å². The molecule has 1 amide bonds. The van der Waals surface area contributed by atoms with Crippen molar-refractivity contribution in [1.29, 1.82) is 0 Å². The number of rotatable bonds is 8. The van der Waals surface area contributed by atoms with Crippen LogP contribution in [0.25, 0.3) is 16.6 Å². The van der Waals surface area contributed by atoms with Crippen molar-refractivity contribution in [3.63, 3.8) is 0 Å². The topological polar surface area (TPSA) is 121 Å². The van der Waals surface area contributed by atoms with Crippen LogP contribution in [0.3, 0.4) is 0 Å². The van der Waals surface area contributed by atoms with Crippen molar-refractivity contribution in [3.8, 4) is 17.2 Å². The summed E-state index contributed by atoms with van der Waals surface area (Å²) in [5.41, 5.74) is 0.938. The van der Waals surface area contributed by atoms with Gasteiger partial charge < -0.3 is 29.6 Å². The number of hydrogen-bond donors (Lipinski definition) is 2. The number of nitrogens with zero attached hydrogens (tertiary/aromatic N) is 4. The highest BCUT2D eigenvalue weighted by atomic mass is 19.1. The molecule has 0 radical (unpaired) electrons. The number of carbonyl (C=O) groups excluding carboxylic acids is 1. The van der Waals surface area contributed by atoms with Crippen molar-refractivity contribution in [2.75, 3.05) is 26.6 Å². The Bertz CT molecular complexity index is 1450. The zero-order chi connectivity index (χ0) is 26.7. The first-order valence-corrected chi connectivity index (χ1v) is 11.5. The van der Waals surface area contributed by atoms with Crippen molar-refractivity contribution in [3.05, 3.63) is 47.5 Å². The van der Waals surface area contributed by atoms with E-state index in [2.05, 4.69) is 25.7 Å². The molecule has 0 fully saturated rings. The highest BCUT2D eigenvalue weighted by Crippen LogP contribution is 2.31. The summed E-state index contributed by atoms with van der Waals surface area (Å²) in [4.78, 5) is 21.3. The zero-order valence-electron chi connectivity index (χ0n) is 21.5. The molecule has 0 spiro atoms. The maximum absolute atomic E-state index is 14.4. The molecular formula is C25H29FN6O5. The molecule has 2 aromatic carbocycles. The average molecular weight is 513 g/mol. The Labute approximate surface area is 212 Å². The zero-order valence-corrected chi connectivity index (χ0v) is 21.5. The van der Waals surface area contributed by atoms with E-state index >= 15 is 0 Å². The lowest BCUT2D eigenvalue weighted by molar-refractivity contribution is 0.0522. The molecular weight excluding hydrogens is 483 g/mol. The molecule has 12 heteroatoms. The van der Waals surface area contributed by atoms with Gasteiger partial charge in [-0.1, -0.05) is 0 Å². The van der Waals surface area contributed by atoms with Gasteiger partial charge in [0.15, 0.2) is 11.5 Å². The number of halogens is 1. The Morgan fingerprint density at radius 2 is 1.76 bits per heavy atom. The maximum Gasteiger partial charge on any atom is 0.408 e. The van der Waals surface area contributed by atoms with Crippen LogP contribution >= 0.6 is 0 Å². The molecule has 4 rings (SSSR count). The number of hydrogen-bond acceptors (Lipinski definition) is 9. The first kappa shape index (κ1) is 25.7. The molecule has 0 atom stereocenters. The molecule has 11 nitrogen and oxygen atoms in total. The summed E-state index contributed by atoms with van der Waals surface area (Å²) in [6.45, 7) is 5.63. The van der Waals surface area contributed by atoms with Crippen LogP contribution < -0.4 is 24.8 Å². The van der Waals surface area contributed by atoms with Gasteiger partial charge in [-0.15, -0.1) is 5.10 Å². The smallest absolute Gasteiger partial charge is 0.408 e. The number of alkyl carbamates (subject to hydrolysis) is 1. The molecule has 0 bridgehead atoms. The number of nitrogens with one attached hydrogen (secondary N) is 2. The van der Waals surface area contributed by atoms with Crippen LogP contribution in [0.5, 0.6) is 17.2 Å². The Morgan fingerprint density at radius 3 is 2.43 bits per heavy atom. The fourth-order valence-electron chi connectivity index (χ4n) is 3.67. The number of methoxy groups -OCH3 is 3. The van der Waals surface area contributed by atoms with Crippen molar-refractivity contribution in [2.45, 2.75) is 39.5 Å². The number of aromatic nitrogens is 4. The quantitative estimate of drug-likeness (QED) is 0.360. The fraction of sp³-hybridized carbons (Fsp3) is 0.360. The van der Waals surface area contributed by atoms with Gasteiger partial charge in [0.2, 0.25) is 5.95 Å². The predicted molar refractivity (Wildman–Crippen MR) is 135 cm³/mol. The molecule has 0 unspecified atom stereocenters. The molecule has 2 heterocycles. The molecule has 0 saturated heterocycles. The van der Waals surface area contributed by atoms with Crippen LogP contribution in [-0.2, 0) is 17.8 Å².